The van der Waals surface area contributed by atoms with Crippen LogP contribution in [0.3, 0.4) is 0 Å². The molecule has 1 saturated heterocycles. The fraction of sp³-hybridized carbons (Fsp3) is 0.857. The molecule has 0 spiro atoms. The van der Waals surface area contributed by atoms with Gasteiger partial charge in [-0.2, -0.15) is 0 Å². The molecule has 0 bridgehead atoms. The molecule has 1 rings (SSSR count). The highest BCUT2D eigenvalue weighted by Gasteiger charge is 2.39. The van der Waals surface area contributed by atoms with Crippen LogP contribution in [-0.2, 0) is 4.79 Å². The van der Waals surface area contributed by atoms with Gasteiger partial charge in [0.15, 0.2) is 0 Å². The number of likely N-dealkylation sites (N-methyl/N-ethyl adjacent to an activating group) is 1. The topological polar surface area (TPSA) is 32.3 Å². The summed E-state index contributed by atoms with van der Waals surface area (Å²) < 4.78 is 0. The Morgan fingerprint density at radius 1 is 1.60 bits per heavy atom. The van der Waals surface area contributed by atoms with E-state index < -0.39 is 0 Å². The van der Waals surface area contributed by atoms with E-state index in [0.29, 0.717) is 0 Å². The smallest absolute Gasteiger partial charge is 0.240 e. The molecule has 0 saturated carbocycles. The molecular formula is C7H14N2O. The monoisotopic (exact) mass is 142 g/mol. The summed E-state index contributed by atoms with van der Waals surface area (Å²) in [5.74, 6) is 0.171. The zero-order valence-corrected chi connectivity index (χ0v) is 6.93. The Hall–Kier alpha value is -0.570. The molecule has 1 aliphatic rings. The average Bonchev–Trinajstić information content (AvgIpc) is 1.95. The molecule has 1 atom stereocenters. The van der Waals surface area contributed by atoms with Crippen molar-refractivity contribution in [3.63, 3.8) is 0 Å². The van der Waals surface area contributed by atoms with E-state index in [0.717, 1.165) is 0 Å². The maximum atomic E-state index is 11.2. The quantitative estimate of drug-likeness (QED) is 0.523. The second-order valence-corrected chi connectivity index (χ2v) is 3.32. The first-order chi connectivity index (χ1) is 4.45. The van der Waals surface area contributed by atoms with Crippen molar-refractivity contribution in [2.24, 2.45) is 0 Å². The molecular weight excluding hydrogens is 128 g/mol. The molecule has 3 heteroatoms. The zero-order chi connectivity index (χ0) is 7.94. The molecule has 1 heterocycles. The fourth-order valence-corrected chi connectivity index (χ4v) is 1.25. The summed E-state index contributed by atoms with van der Waals surface area (Å²) in [5, 5.41) is 3.17. The summed E-state index contributed by atoms with van der Waals surface area (Å²) in [4.78, 5) is 12.9. The minimum Gasteiger partial charge on any atom is -0.327 e. The van der Waals surface area contributed by atoms with Gasteiger partial charge in [0.1, 0.15) is 0 Å². The zero-order valence-electron chi connectivity index (χ0n) is 6.93. The van der Waals surface area contributed by atoms with Crippen molar-refractivity contribution in [1.29, 1.82) is 0 Å². The number of nitrogens with zero attached hydrogens (tertiary/aromatic N) is 1. The van der Waals surface area contributed by atoms with Gasteiger partial charge in [0.2, 0.25) is 5.91 Å². The van der Waals surface area contributed by atoms with Crippen LogP contribution in [-0.4, -0.2) is 29.6 Å². The summed E-state index contributed by atoms with van der Waals surface area (Å²) >= 11 is 0. The van der Waals surface area contributed by atoms with E-state index in [1.54, 1.807) is 4.90 Å². The standard InChI is InChI=1S/C7H14N2O/c1-5-6(10)9(4)7(2,3)8-5/h5,8H,1-4H3/t5-/m0/s1. The average molecular weight is 142 g/mol. The minimum atomic E-state index is -0.170. The van der Waals surface area contributed by atoms with Gasteiger partial charge in [-0.05, 0) is 20.8 Å². The van der Waals surface area contributed by atoms with Gasteiger partial charge in [0.25, 0.3) is 0 Å². The lowest BCUT2D eigenvalue weighted by Crippen LogP contribution is -2.44. The van der Waals surface area contributed by atoms with Gasteiger partial charge in [0, 0.05) is 7.05 Å². The van der Waals surface area contributed by atoms with E-state index in [4.69, 9.17) is 0 Å². The highest BCUT2D eigenvalue weighted by atomic mass is 16.2. The molecule has 1 aliphatic heterocycles. The van der Waals surface area contributed by atoms with Gasteiger partial charge in [-0.25, -0.2) is 0 Å². The van der Waals surface area contributed by atoms with Crippen molar-refractivity contribution in [1.82, 2.24) is 10.2 Å². The van der Waals surface area contributed by atoms with E-state index in [1.807, 2.05) is 27.8 Å². The molecule has 1 amide bonds. The molecule has 0 radical (unpaired) electrons. The Morgan fingerprint density at radius 3 is 2.20 bits per heavy atom. The van der Waals surface area contributed by atoms with Crippen LogP contribution in [0.4, 0.5) is 0 Å². The molecule has 58 valence electrons. The number of amides is 1. The van der Waals surface area contributed by atoms with Gasteiger partial charge < -0.3 is 4.90 Å². The highest BCUT2D eigenvalue weighted by Crippen LogP contribution is 2.17. The summed E-state index contributed by atoms with van der Waals surface area (Å²) in [6.45, 7) is 5.87. The van der Waals surface area contributed by atoms with Crippen molar-refractivity contribution >= 4 is 5.91 Å². The van der Waals surface area contributed by atoms with Gasteiger partial charge in [-0.15, -0.1) is 0 Å². The third-order valence-corrected chi connectivity index (χ3v) is 2.11. The number of carbonyl (C=O) groups is 1. The van der Waals surface area contributed by atoms with Crippen LogP contribution in [0.1, 0.15) is 20.8 Å². The molecule has 10 heavy (non-hydrogen) atoms. The summed E-state index contributed by atoms with van der Waals surface area (Å²) in [6, 6.07) is -0.0278. The largest absolute Gasteiger partial charge is 0.327 e. The van der Waals surface area contributed by atoms with E-state index in [9.17, 15) is 4.79 Å². The van der Waals surface area contributed by atoms with Crippen molar-refractivity contribution < 1.29 is 4.79 Å². The summed E-state index contributed by atoms with van der Waals surface area (Å²) in [5.41, 5.74) is -0.170. The predicted molar refractivity (Wildman–Crippen MR) is 39.4 cm³/mol. The van der Waals surface area contributed by atoms with Crippen LogP contribution in [0.2, 0.25) is 0 Å². The number of hydrogen-bond acceptors (Lipinski definition) is 2. The fourth-order valence-electron chi connectivity index (χ4n) is 1.25. The number of hydrogen-bond donors (Lipinski definition) is 1. The van der Waals surface area contributed by atoms with E-state index in [1.165, 1.54) is 0 Å². The molecule has 1 N–H and O–H groups in total. The van der Waals surface area contributed by atoms with Crippen LogP contribution < -0.4 is 5.32 Å². The summed E-state index contributed by atoms with van der Waals surface area (Å²) in [7, 11) is 1.82. The van der Waals surface area contributed by atoms with Crippen molar-refractivity contribution in [3.05, 3.63) is 0 Å². The SMILES string of the molecule is C[C@@H]1NC(C)(C)N(C)C1=O. The Bertz CT molecular complexity index is 165. The Morgan fingerprint density at radius 2 is 2.10 bits per heavy atom. The van der Waals surface area contributed by atoms with Gasteiger partial charge in [-0.3, -0.25) is 10.1 Å². The number of nitrogens with one attached hydrogen (secondary N) is 1. The van der Waals surface area contributed by atoms with Crippen LogP contribution >= 0.6 is 0 Å². The first-order valence-corrected chi connectivity index (χ1v) is 3.50. The molecule has 0 unspecified atom stereocenters. The predicted octanol–water partition coefficient (Wildman–Crippen LogP) is 0.173. The second kappa shape index (κ2) is 1.95. The minimum absolute atomic E-state index is 0.0278. The van der Waals surface area contributed by atoms with Crippen LogP contribution in [0.5, 0.6) is 0 Å². The molecule has 0 aliphatic carbocycles. The van der Waals surface area contributed by atoms with Crippen molar-refractivity contribution in [2.45, 2.75) is 32.5 Å². The van der Waals surface area contributed by atoms with E-state index in [2.05, 4.69) is 5.32 Å². The number of rotatable bonds is 0. The lowest BCUT2D eigenvalue weighted by atomic mass is 10.2. The van der Waals surface area contributed by atoms with Gasteiger partial charge in [0.05, 0.1) is 11.7 Å². The molecule has 0 aromatic rings. The lowest BCUT2D eigenvalue weighted by Gasteiger charge is -2.26. The van der Waals surface area contributed by atoms with Gasteiger partial charge >= 0.3 is 0 Å². The first-order valence-electron chi connectivity index (χ1n) is 3.50. The lowest BCUT2D eigenvalue weighted by molar-refractivity contribution is -0.129. The van der Waals surface area contributed by atoms with Crippen molar-refractivity contribution in [2.75, 3.05) is 7.05 Å². The number of carbonyl (C=O) groups excluding carboxylic acids is 1. The Labute approximate surface area is 61.4 Å². The van der Waals surface area contributed by atoms with E-state index in [-0.39, 0.29) is 17.6 Å². The van der Waals surface area contributed by atoms with E-state index >= 15 is 0 Å². The Kier molecular flexibility index (Phi) is 1.47. The van der Waals surface area contributed by atoms with Crippen molar-refractivity contribution in [3.8, 4) is 0 Å². The third kappa shape index (κ3) is 0.904. The summed E-state index contributed by atoms with van der Waals surface area (Å²) in [6.07, 6.45) is 0. The highest BCUT2D eigenvalue weighted by molar-refractivity contribution is 5.84. The van der Waals surface area contributed by atoms with Crippen LogP contribution in [0, 0.1) is 0 Å². The second-order valence-electron chi connectivity index (χ2n) is 3.32. The normalized spacial score (nSPS) is 31.4. The van der Waals surface area contributed by atoms with Crippen LogP contribution in [0.15, 0.2) is 0 Å². The molecule has 3 nitrogen and oxygen atoms in total. The molecule has 0 aromatic carbocycles. The maximum Gasteiger partial charge on any atom is 0.240 e. The van der Waals surface area contributed by atoms with Crippen LogP contribution in [0.25, 0.3) is 0 Å². The molecule has 0 aromatic heterocycles. The Balaban J connectivity index is 2.81. The first kappa shape index (κ1) is 7.54. The van der Waals surface area contributed by atoms with Gasteiger partial charge in [-0.1, -0.05) is 0 Å². The third-order valence-electron chi connectivity index (χ3n) is 2.11. The maximum absolute atomic E-state index is 11.2. The molecule has 1 fully saturated rings.